The number of benzene rings is 1. The van der Waals surface area contributed by atoms with Gasteiger partial charge in [0.2, 0.25) is 0 Å². The summed E-state index contributed by atoms with van der Waals surface area (Å²) >= 11 is 0. The largest absolute Gasteiger partial charge is 0.395 e. The minimum atomic E-state index is -0.180. The van der Waals surface area contributed by atoms with Crippen molar-refractivity contribution in [1.29, 1.82) is 0 Å². The molecule has 0 spiro atoms. The van der Waals surface area contributed by atoms with Crippen LogP contribution < -0.4 is 10.6 Å². The van der Waals surface area contributed by atoms with E-state index in [0.29, 0.717) is 13.0 Å². The van der Waals surface area contributed by atoms with Gasteiger partial charge in [-0.15, -0.1) is 0 Å². The van der Waals surface area contributed by atoms with E-state index >= 15 is 0 Å². The summed E-state index contributed by atoms with van der Waals surface area (Å²) < 4.78 is 0. The van der Waals surface area contributed by atoms with Crippen LogP contribution >= 0.6 is 0 Å². The van der Waals surface area contributed by atoms with E-state index in [1.54, 1.807) is 0 Å². The highest BCUT2D eigenvalue weighted by Crippen LogP contribution is 2.18. The molecule has 108 valence electrons. The molecule has 4 nitrogen and oxygen atoms in total. The van der Waals surface area contributed by atoms with Gasteiger partial charge in [0.25, 0.3) is 0 Å². The zero-order valence-corrected chi connectivity index (χ0v) is 12.1. The Morgan fingerprint density at radius 2 is 2.15 bits per heavy atom. The van der Waals surface area contributed by atoms with Crippen LogP contribution in [0.25, 0.3) is 0 Å². The maximum atomic E-state index is 11.7. The van der Waals surface area contributed by atoms with Crippen molar-refractivity contribution in [3.8, 4) is 11.8 Å². The van der Waals surface area contributed by atoms with Gasteiger partial charge in [-0.1, -0.05) is 25.7 Å². The van der Waals surface area contributed by atoms with Crippen molar-refractivity contribution >= 4 is 11.7 Å². The first-order valence-electron chi connectivity index (χ1n) is 6.98. The van der Waals surface area contributed by atoms with E-state index in [0.717, 1.165) is 29.7 Å². The van der Waals surface area contributed by atoms with Gasteiger partial charge in [0.1, 0.15) is 0 Å². The smallest absolute Gasteiger partial charge is 0.319 e. The first-order chi connectivity index (χ1) is 9.71. The Labute approximate surface area is 120 Å². The number of rotatable bonds is 5. The number of nitrogens with one attached hydrogen (secondary N) is 2. The molecule has 0 bridgehead atoms. The van der Waals surface area contributed by atoms with Crippen molar-refractivity contribution in [3.63, 3.8) is 0 Å². The molecule has 0 aliphatic carbocycles. The highest BCUT2D eigenvalue weighted by Gasteiger charge is 2.05. The Morgan fingerprint density at radius 3 is 2.80 bits per heavy atom. The Morgan fingerprint density at radius 1 is 1.35 bits per heavy atom. The van der Waals surface area contributed by atoms with E-state index in [-0.39, 0.29) is 12.6 Å². The molecule has 0 fully saturated rings. The standard InChI is InChI=1S/C16H22N2O2/c1-3-10-17-16(20)18-15-9-8-13(7-5-6-11-19)12-14(15)4-2/h8-9,12,19H,3-4,6,10-11H2,1-2H3,(H2,17,18,20). The molecule has 0 aromatic heterocycles. The molecule has 20 heavy (non-hydrogen) atoms. The Hall–Kier alpha value is -1.99. The predicted molar refractivity (Wildman–Crippen MR) is 81.7 cm³/mol. The molecule has 2 amide bonds. The third-order valence-corrected chi connectivity index (χ3v) is 2.74. The van der Waals surface area contributed by atoms with Crippen LogP contribution in [-0.2, 0) is 6.42 Å². The van der Waals surface area contributed by atoms with E-state index in [1.165, 1.54) is 0 Å². The lowest BCUT2D eigenvalue weighted by atomic mass is 10.1. The second-order valence-corrected chi connectivity index (χ2v) is 4.38. The molecule has 3 N–H and O–H groups in total. The molecule has 0 aliphatic heterocycles. The molecular formula is C16H22N2O2. The van der Waals surface area contributed by atoms with Crippen molar-refractivity contribution in [1.82, 2.24) is 5.32 Å². The number of urea groups is 1. The number of aliphatic hydroxyl groups is 1. The summed E-state index contributed by atoms with van der Waals surface area (Å²) in [6, 6.07) is 5.53. The number of carbonyl (C=O) groups excluding carboxylic acids is 1. The fourth-order valence-corrected chi connectivity index (χ4v) is 1.71. The number of carbonyl (C=O) groups is 1. The fourth-order valence-electron chi connectivity index (χ4n) is 1.71. The van der Waals surface area contributed by atoms with Crippen LogP contribution in [0.4, 0.5) is 10.5 Å². The van der Waals surface area contributed by atoms with Crippen molar-refractivity contribution < 1.29 is 9.90 Å². The van der Waals surface area contributed by atoms with E-state index in [2.05, 4.69) is 22.5 Å². The van der Waals surface area contributed by atoms with Gasteiger partial charge in [0.15, 0.2) is 0 Å². The summed E-state index contributed by atoms with van der Waals surface area (Å²) in [6.45, 7) is 4.79. The summed E-state index contributed by atoms with van der Waals surface area (Å²) in [4.78, 5) is 11.7. The maximum Gasteiger partial charge on any atom is 0.319 e. The number of hydrogen-bond donors (Lipinski definition) is 3. The number of amides is 2. The van der Waals surface area contributed by atoms with Gasteiger partial charge in [0, 0.05) is 24.2 Å². The number of aliphatic hydroxyl groups excluding tert-OH is 1. The molecule has 1 aromatic carbocycles. The average Bonchev–Trinajstić information content (AvgIpc) is 2.46. The highest BCUT2D eigenvalue weighted by molar-refractivity contribution is 5.90. The van der Waals surface area contributed by atoms with E-state index in [4.69, 9.17) is 5.11 Å². The van der Waals surface area contributed by atoms with Crippen molar-refractivity contribution in [2.24, 2.45) is 0 Å². The lowest BCUT2D eigenvalue weighted by molar-refractivity contribution is 0.252. The quantitative estimate of drug-likeness (QED) is 0.722. The summed E-state index contributed by atoms with van der Waals surface area (Å²) in [5.74, 6) is 5.89. The molecule has 0 unspecified atom stereocenters. The Bertz CT molecular complexity index is 501. The van der Waals surface area contributed by atoms with E-state index in [9.17, 15) is 4.79 Å². The zero-order valence-electron chi connectivity index (χ0n) is 12.1. The lowest BCUT2D eigenvalue weighted by Crippen LogP contribution is -2.29. The Balaban J connectivity index is 2.78. The van der Waals surface area contributed by atoms with Crippen LogP contribution in [0.3, 0.4) is 0 Å². The maximum absolute atomic E-state index is 11.7. The Kier molecular flexibility index (Phi) is 7.23. The minimum Gasteiger partial charge on any atom is -0.395 e. The lowest BCUT2D eigenvalue weighted by Gasteiger charge is -2.11. The van der Waals surface area contributed by atoms with Crippen molar-refractivity contribution in [2.75, 3.05) is 18.5 Å². The molecular weight excluding hydrogens is 252 g/mol. The third-order valence-electron chi connectivity index (χ3n) is 2.74. The molecule has 1 rings (SSSR count). The van der Waals surface area contributed by atoms with Gasteiger partial charge in [0.05, 0.1) is 6.61 Å². The number of anilines is 1. The van der Waals surface area contributed by atoms with Gasteiger partial charge in [-0.3, -0.25) is 0 Å². The van der Waals surface area contributed by atoms with Gasteiger partial charge < -0.3 is 15.7 Å². The summed E-state index contributed by atoms with van der Waals surface area (Å²) in [6.07, 6.45) is 2.20. The van der Waals surface area contributed by atoms with Crippen molar-refractivity contribution in [3.05, 3.63) is 29.3 Å². The van der Waals surface area contributed by atoms with Gasteiger partial charge in [-0.05, 0) is 36.6 Å². The number of hydrogen-bond acceptors (Lipinski definition) is 2. The second-order valence-electron chi connectivity index (χ2n) is 4.38. The predicted octanol–water partition coefficient (Wildman–Crippen LogP) is 2.51. The van der Waals surface area contributed by atoms with Crippen LogP contribution in [0.5, 0.6) is 0 Å². The monoisotopic (exact) mass is 274 g/mol. The molecule has 4 heteroatoms. The van der Waals surface area contributed by atoms with Crippen LogP contribution in [0, 0.1) is 11.8 Å². The first kappa shape index (κ1) is 16.1. The molecule has 0 atom stereocenters. The minimum absolute atomic E-state index is 0.0743. The molecule has 1 aromatic rings. The highest BCUT2D eigenvalue weighted by atomic mass is 16.2. The molecule has 0 heterocycles. The van der Waals surface area contributed by atoms with Crippen LogP contribution in [-0.4, -0.2) is 24.3 Å². The second kappa shape index (κ2) is 9.00. The number of aryl methyl sites for hydroxylation is 1. The van der Waals surface area contributed by atoms with Crippen LogP contribution in [0.1, 0.15) is 37.8 Å². The topological polar surface area (TPSA) is 61.4 Å². The molecule has 0 radical (unpaired) electrons. The fraction of sp³-hybridized carbons (Fsp3) is 0.438. The van der Waals surface area contributed by atoms with Crippen LogP contribution in [0.15, 0.2) is 18.2 Å². The summed E-state index contributed by atoms with van der Waals surface area (Å²) in [5.41, 5.74) is 2.76. The van der Waals surface area contributed by atoms with E-state index < -0.39 is 0 Å². The zero-order chi connectivity index (χ0) is 14.8. The molecule has 0 aliphatic rings. The van der Waals surface area contributed by atoms with Crippen molar-refractivity contribution in [2.45, 2.75) is 33.1 Å². The average molecular weight is 274 g/mol. The summed E-state index contributed by atoms with van der Waals surface area (Å²) in [5, 5.41) is 14.3. The SMILES string of the molecule is CCCNC(=O)Nc1ccc(C#CCCO)cc1CC. The first-order valence-corrected chi connectivity index (χ1v) is 6.98. The third kappa shape index (κ3) is 5.33. The normalized spacial score (nSPS) is 9.55. The summed E-state index contributed by atoms with van der Waals surface area (Å²) in [7, 11) is 0. The van der Waals surface area contributed by atoms with E-state index in [1.807, 2.05) is 32.0 Å². The van der Waals surface area contributed by atoms with Gasteiger partial charge in [-0.25, -0.2) is 4.79 Å². The van der Waals surface area contributed by atoms with Gasteiger partial charge >= 0.3 is 6.03 Å². The van der Waals surface area contributed by atoms with Crippen LogP contribution in [0.2, 0.25) is 0 Å². The molecule has 0 saturated heterocycles. The molecule has 0 saturated carbocycles. The van der Waals surface area contributed by atoms with Gasteiger partial charge in [-0.2, -0.15) is 0 Å².